The molecule has 1 fully saturated rings. The van der Waals surface area contributed by atoms with Gasteiger partial charge in [-0.15, -0.1) is 11.8 Å². The first kappa shape index (κ1) is 41.2. The number of benzene rings is 5. The molecule has 6 rings (SSSR count). The standard InChI is InChI=1S/C45H46F3NO6S/c1-44(2,32-56-37-26-16-7-17-27-37)55-41-40(52-30-35-22-12-5-13-23-35)39(51-29-34-20-10-4-11-21-34)38(31-50-28-33-18-8-3-9-19-33)53-42(41)54-43(45(46,47)48)49-36-24-14-6-15-25-36/h3-27,38-42H,28-32H2,1-2H3/t38-,39+,40+,41-,42?/m1/s1. The second-order valence-corrected chi connectivity index (χ2v) is 14.9. The number of rotatable bonds is 17. The van der Waals surface area contributed by atoms with Gasteiger partial charge in [0.15, 0.2) is 0 Å². The van der Waals surface area contributed by atoms with E-state index in [1.54, 1.807) is 30.0 Å². The average Bonchev–Trinajstić information content (AvgIpc) is 3.21. The molecule has 0 spiro atoms. The minimum absolute atomic E-state index is 0.0451. The first-order valence-corrected chi connectivity index (χ1v) is 19.4. The van der Waals surface area contributed by atoms with E-state index in [-0.39, 0.29) is 32.1 Å². The van der Waals surface area contributed by atoms with Crippen LogP contribution in [0.25, 0.3) is 0 Å². The van der Waals surface area contributed by atoms with E-state index in [1.807, 2.05) is 135 Å². The molecule has 1 aliphatic rings. The molecule has 1 unspecified atom stereocenters. The number of alkyl halides is 3. The fourth-order valence-corrected chi connectivity index (χ4v) is 7.02. The fraction of sp³-hybridized carbons (Fsp3) is 0.311. The van der Waals surface area contributed by atoms with Crippen molar-refractivity contribution in [2.45, 2.75) is 81.0 Å². The highest BCUT2D eigenvalue weighted by molar-refractivity contribution is 7.99. The quantitative estimate of drug-likeness (QED) is 0.0528. The molecule has 0 radical (unpaired) electrons. The SMILES string of the molecule is CC(C)(CSc1ccccc1)O[C@H]1C(OC(=Nc2ccccc2)C(F)(F)F)O[C@H](COCc2ccccc2)[C@H](OCc2ccccc2)[C@@H]1OCc1ccccc1. The molecule has 5 atom stereocenters. The number of nitrogens with zero attached hydrogens (tertiary/aromatic N) is 1. The van der Waals surface area contributed by atoms with E-state index < -0.39 is 48.4 Å². The van der Waals surface area contributed by atoms with Gasteiger partial charge in [0.05, 0.1) is 37.7 Å². The van der Waals surface area contributed by atoms with E-state index in [9.17, 15) is 13.2 Å². The summed E-state index contributed by atoms with van der Waals surface area (Å²) >= 11 is 1.56. The van der Waals surface area contributed by atoms with Crippen LogP contribution in [0.1, 0.15) is 30.5 Å². The largest absolute Gasteiger partial charge is 0.468 e. The zero-order valence-electron chi connectivity index (χ0n) is 31.3. The number of thioether (sulfide) groups is 1. The molecule has 0 amide bonds. The highest BCUT2D eigenvalue weighted by Crippen LogP contribution is 2.36. The predicted molar refractivity (Wildman–Crippen MR) is 212 cm³/mol. The van der Waals surface area contributed by atoms with Crippen LogP contribution < -0.4 is 0 Å². The first-order valence-electron chi connectivity index (χ1n) is 18.4. The molecule has 294 valence electrons. The summed E-state index contributed by atoms with van der Waals surface area (Å²) in [6.07, 6.45) is -10.6. The second kappa shape index (κ2) is 20.1. The van der Waals surface area contributed by atoms with Crippen molar-refractivity contribution in [3.05, 3.63) is 168 Å². The number of aliphatic imine (C=N–C) groups is 1. The van der Waals surface area contributed by atoms with Crippen LogP contribution >= 0.6 is 11.8 Å². The lowest BCUT2D eigenvalue weighted by Crippen LogP contribution is -2.63. The molecule has 0 bridgehead atoms. The van der Waals surface area contributed by atoms with Crippen LogP contribution in [0.2, 0.25) is 0 Å². The third-order valence-corrected chi connectivity index (χ3v) is 10.2. The maximum absolute atomic E-state index is 14.8. The van der Waals surface area contributed by atoms with Crippen LogP contribution in [0, 0.1) is 0 Å². The van der Waals surface area contributed by atoms with E-state index in [1.165, 1.54) is 12.1 Å². The van der Waals surface area contributed by atoms with Crippen molar-refractivity contribution < 1.29 is 41.6 Å². The van der Waals surface area contributed by atoms with Crippen molar-refractivity contribution >= 4 is 23.3 Å². The normalized spacial score (nSPS) is 20.4. The Morgan fingerprint density at radius 1 is 0.625 bits per heavy atom. The predicted octanol–water partition coefficient (Wildman–Crippen LogP) is 10.4. The van der Waals surface area contributed by atoms with Crippen molar-refractivity contribution in [2.75, 3.05) is 12.4 Å². The lowest BCUT2D eigenvalue weighted by Gasteiger charge is -2.47. The van der Waals surface area contributed by atoms with Crippen molar-refractivity contribution in [2.24, 2.45) is 4.99 Å². The van der Waals surface area contributed by atoms with Gasteiger partial charge < -0.3 is 28.4 Å². The Hall–Kier alpha value is -4.49. The Morgan fingerprint density at radius 2 is 1.11 bits per heavy atom. The molecule has 7 nitrogen and oxygen atoms in total. The van der Waals surface area contributed by atoms with Crippen LogP contribution in [0.4, 0.5) is 18.9 Å². The molecule has 56 heavy (non-hydrogen) atoms. The molecular weight excluding hydrogens is 740 g/mol. The Bertz CT molecular complexity index is 1900. The van der Waals surface area contributed by atoms with E-state index in [0.29, 0.717) is 5.75 Å². The minimum Gasteiger partial charge on any atom is -0.441 e. The van der Waals surface area contributed by atoms with Crippen LogP contribution in [0.3, 0.4) is 0 Å². The average molecular weight is 786 g/mol. The molecule has 0 saturated carbocycles. The van der Waals surface area contributed by atoms with Crippen LogP contribution in [0.5, 0.6) is 0 Å². The number of ether oxygens (including phenoxy) is 6. The third-order valence-electron chi connectivity index (χ3n) is 8.80. The first-order chi connectivity index (χ1) is 27.1. The second-order valence-electron chi connectivity index (χ2n) is 13.9. The van der Waals surface area contributed by atoms with Gasteiger partial charge in [0.1, 0.15) is 24.4 Å². The van der Waals surface area contributed by atoms with Gasteiger partial charge >= 0.3 is 6.18 Å². The molecule has 0 aliphatic carbocycles. The molecule has 1 saturated heterocycles. The zero-order chi connectivity index (χ0) is 39.2. The Kier molecular flexibility index (Phi) is 14.8. The molecule has 0 aromatic heterocycles. The van der Waals surface area contributed by atoms with Crippen LogP contribution in [-0.2, 0) is 48.2 Å². The molecule has 5 aromatic rings. The van der Waals surface area contributed by atoms with Gasteiger partial charge in [-0.05, 0) is 54.8 Å². The monoisotopic (exact) mass is 785 g/mol. The number of halogens is 3. The summed E-state index contributed by atoms with van der Waals surface area (Å²) < 4.78 is 83.3. The number of para-hydroxylation sites is 1. The number of hydrogen-bond acceptors (Lipinski definition) is 8. The van der Waals surface area contributed by atoms with Gasteiger partial charge in [0.2, 0.25) is 6.29 Å². The van der Waals surface area contributed by atoms with Gasteiger partial charge in [-0.2, -0.15) is 13.2 Å². The maximum Gasteiger partial charge on any atom is 0.468 e. The molecule has 1 aliphatic heterocycles. The number of hydrogen-bond donors (Lipinski definition) is 0. The molecular formula is C45H46F3NO6S. The summed E-state index contributed by atoms with van der Waals surface area (Å²) in [5, 5.41) is 0. The van der Waals surface area contributed by atoms with Crippen molar-refractivity contribution in [3.63, 3.8) is 0 Å². The van der Waals surface area contributed by atoms with E-state index in [4.69, 9.17) is 28.4 Å². The molecule has 11 heteroatoms. The summed E-state index contributed by atoms with van der Waals surface area (Å²) in [5.74, 6) is -1.03. The highest BCUT2D eigenvalue weighted by atomic mass is 32.2. The Labute approximate surface area is 330 Å². The Morgan fingerprint density at radius 3 is 1.64 bits per heavy atom. The van der Waals surface area contributed by atoms with Gasteiger partial charge in [0.25, 0.3) is 5.90 Å². The zero-order valence-corrected chi connectivity index (χ0v) is 32.1. The topological polar surface area (TPSA) is 67.7 Å². The van der Waals surface area contributed by atoms with Crippen molar-refractivity contribution in [1.82, 2.24) is 0 Å². The maximum atomic E-state index is 14.8. The lowest BCUT2D eigenvalue weighted by molar-refractivity contribution is -0.326. The molecule has 1 heterocycles. The fourth-order valence-electron chi connectivity index (χ4n) is 6.09. The van der Waals surface area contributed by atoms with E-state index in [2.05, 4.69) is 4.99 Å². The Balaban J connectivity index is 1.38. The smallest absolute Gasteiger partial charge is 0.441 e. The molecule has 5 aromatic carbocycles. The molecule has 0 N–H and O–H groups in total. The summed E-state index contributed by atoms with van der Waals surface area (Å²) in [5.41, 5.74) is 1.82. The summed E-state index contributed by atoms with van der Waals surface area (Å²) in [6.45, 7) is 4.24. The summed E-state index contributed by atoms with van der Waals surface area (Å²) in [7, 11) is 0. The van der Waals surface area contributed by atoms with Gasteiger partial charge in [-0.3, -0.25) is 0 Å². The summed E-state index contributed by atoms with van der Waals surface area (Å²) in [4.78, 5) is 4.91. The minimum atomic E-state index is -4.97. The van der Waals surface area contributed by atoms with Gasteiger partial charge in [0, 0.05) is 10.6 Å². The van der Waals surface area contributed by atoms with Crippen molar-refractivity contribution in [3.8, 4) is 0 Å². The van der Waals surface area contributed by atoms with Gasteiger partial charge in [-0.1, -0.05) is 127 Å². The summed E-state index contributed by atoms with van der Waals surface area (Å²) in [6, 6.07) is 46.3. The van der Waals surface area contributed by atoms with Crippen molar-refractivity contribution in [1.29, 1.82) is 0 Å². The van der Waals surface area contributed by atoms with Gasteiger partial charge in [-0.25, -0.2) is 4.99 Å². The van der Waals surface area contributed by atoms with Crippen LogP contribution in [-0.4, -0.2) is 60.7 Å². The lowest BCUT2D eigenvalue weighted by atomic mass is 9.97. The van der Waals surface area contributed by atoms with Crippen LogP contribution in [0.15, 0.2) is 162 Å². The van der Waals surface area contributed by atoms with E-state index in [0.717, 1.165) is 21.6 Å². The third kappa shape index (κ3) is 12.5. The van der Waals surface area contributed by atoms with E-state index >= 15 is 0 Å². The highest BCUT2D eigenvalue weighted by Gasteiger charge is 2.53.